The Morgan fingerprint density at radius 1 is 0.255 bits per heavy atom. The summed E-state index contributed by atoms with van der Waals surface area (Å²) < 4.78 is 0. The molecule has 0 spiro atoms. The van der Waals surface area contributed by atoms with Crippen molar-refractivity contribution in [2.45, 2.75) is 76.7 Å². The topological polar surface area (TPSA) is 9.72 Å². The highest BCUT2D eigenvalue weighted by molar-refractivity contribution is 5.21. The van der Waals surface area contributed by atoms with Gasteiger partial charge in [0.1, 0.15) is 0 Å². The van der Waals surface area contributed by atoms with Gasteiger partial charge in [-0.05, 0) is 52.6 Å². The molecule has 0 bridgehead atoms. The minimum atomic E-state index is 0.414. The van der Waals surface area contributed by atoms with E-state index in [4.69, 9.17) is 0 Å². The molecule has 0 radical (unpaired) electrons. The molecule has 51 heavy (non-hydrogen) atoms. The van der Waals surface area contributed by atoms with Crippen LogP contribution in [0.1, 0.15) is 52.6 Å². The summed E-state index contributed by atoms with van der Waals surface area (Å²) >= 11 is 0. The van der Waals surface area contributed by atoms with E-state index >= 15 is 0 Å². The summed E-state index contributed by atoms with van der Waals surface area (Å²) in [7, 11) is 0. The van der Waals surface area contributed by atoms with Crippen molar-refractivity contribution in [1.29, 1.82) is 0 Å². The Labute approximate surface area is 305 Å². The van der Waals surface area contributed by atoms with E-state index in [0.29, 0.717) is 18.1 Å². The molecule has 0 aromatic heterocycles. The summed E-state index contributed by atoms with van der Waals surface area (Å²) in [5.41, 5.74) is 8.27. The number of rotatable bonds is 15. The van der Waals surface area contributed by atoms with Crippen molar-refractivity contribution in [2.75, 3.05) is 0 Å². The largest absolute Gasteiger partial charge is 0.292 e. The van der Waals surface area contributed by atoms with Crippen molar-refractivity contribution < 1.29 is 0 Å². The van der Waals surface area contributed by atoms with Crippen molar-refractivity contribution in [3.8, 4) is 0 Å². The Morgan fingerprint density at radius 2 is 0.412 bits per heavy atom. The molecule has 0 N–H and O–H groups in total. The van der Waals surface area contributed by atoms with E-state index in [0.717, 1.165) is 58.5 Å². The first-order chi connectivity index (χ1) is 25.2. The second kappa shape index (κ2) is 17.9. The maximum atomic E-state index is 2.79. The van der Waals surface area contributed by atoms with Crippen LogP contribution < -0.4 is 0 Å². The highest BCUT2D eigenvalue weighted by Crippen LogP contribution is 2.35. The summed E-state index contributed by atoms with van der Waals surface area (Å²) in [6.45, 7) is 5.63. The second-order valence-corrected chi connectivity index (χ2v) is 14.3. The van der Waals surface area contributed by atoms with E-state index in [-0.39, 0.29) is 0 Å². The Morgan fingerprint density at radius 3 is 0.569 bits per heavy atom. The summed E-state index contributed by atoms with van der Waals surface area (Å²) in [4.78, 5) is 8.36. The molecular formula is C48H51N3. The maximum absolute atomic E-state index is 2.79. The van der Waals surface area contributed by atoms with Crippen LogP contribution in [0, 0.1) is 0 Å². The average Bonchev–Trinajstić information content (AvgIpc) is 3.19. The highest BCUT2D eigenvalue weighted by atomic mass is 15.2. The predicted octanol–water partition coefficient (Wildman–Crippen LogP) is 10.4. The van der Waals surface area contributed by atoms with Gasteiger partial charge in [0.05, 0.1) is 0 Å². The van der Waals surface area contributed by atoms with Gasteiger partial charge in [-0.15, -0.1) is 0 Å². The van der Waals surface area contributed by atoms with Gasteiger partial charge < -0.3 is 0 Å². The smallest absolute Gasteiger partial charge is 0.0240 e. The van der Waals surface area contributed by atoms with Crippen LogP contribution in [0.5, 0.6) is 0 Å². The van der Waals surface area contributed by atoms with Gasteiger partial charge in [-0.25, -0.2) is 0 Å². The molecule has 1 fully saturated rings. The Hall–Kier alpha value is -4.80. The molecule has 6 aromatic carbocycles. The number of benzene rings is 6. The molecule has 7 rings (SSSR count). The van der Waals surface area contributed by atoms with E-state index in [1.165, 1.54) is 33.4 Å². The standard InChI is InChI=1S/C48H51N3/c1-7-19-40(20-8-1)34-49(35-41-21-9-2-10-22-41)46-31-47(50(36-42-23-11-3-12-24-42)37-43-25-13-4-14-26-43)33-48(32-46)51(38-44-27-15-5-16-28-44)39-45-29-17-6-18-30-45/h1-30,46-48H,31-39H2. The average molecular weight is 670 g/mol. The third-order valence-electron chi connectivity index (χ3n) is 10.6. The van der Waals surface area contributed by atoms with Crippen LogP contribution in [-0.2, 0) is 39.3 Å². The van der Waals surface area contributed by atoms with Crippen LogP contribution in [0.15, 0.2) is 182 Å². The van der Waals surface area contributed by atoms with Gasteiger partial charge in [0.25, 0.3) is 0 Å². The normalized spacial score (nSPS) is 17.6. The predicted molar refractivity (Wildman–Crippen MR) is 212 cm³/mol. The van der Waals surface area contributed by atoms with Gasteiger partial charge in [-0.2, -0.15) is 0 Å². The quantitative estimate of drug-likeness (QED) is 0.108. The maximum Gasteiger partial charge on any atom is 0.0240 e. The fourth-order valence-electron chi connectivity index (χ4n) is 7.98. The van der Waals surface area contributed by atoms with Gasteiger partial charge in [0, 0.05) is 57.4 Å². The molecule has 1 aliphatic rings. The first kappa shape index (κ1) is 34.6. The van der Waals surface area contributed by atoms with Crippen molar-refractivity contribution in [1.82, 2.24) is 14.7 Å². The summed E-state index contributed by atoms with van der Waals surface area (Å²) in [6, 6.07) is 67.8. The van der Waals surface area contributed by atoms with Gasteiger partial charge in [-0.3, -0.25) is 14.7 Å². The van der Waals surface area contributed by atoms with E-state index in [1.54, 1.807) is 0 Å². The van der Waals surface area contributed by atoms with E-state index in [1.807, 2.05) is 0 Å². The lowest BCUT2D eigenvalue weighted by Crippen LogP contribution is -2.53. The molecule has 0 heterocycles. The highest BCUT2D eigenvalue weighted by Gasteiger charge is 2.38. The van der Waals surface area contributed by atoms with Crippen molar-refractivity contribution >= 4 is 0 Å². The Balaban J connectivity index is 1.27. The zero-order valence-electron chi connectivity index (χ0n) is 29.8. The minimum Gasteiger partial charge on any atom is -0.292 e. The van der Waals surface area contributed by atoms with Crippen LogP contribution in [0.25, 0.3) is 0 Å². The summed E-state index contributed by atoms with van der Waals surface area (Å²) in [6.07, 6.45) is 3.42. The molecule has 0 unspecified atom stereocenters. The molecule has 6 aromatic rings. The van der Waals surface area contributed by atoms with Crippen molar-refractivity contribution in [2.24, 2.45) is 0 Å². The summed E-state index contributed by atoms with van der Waals surface area (Å²) in [5.74, 6) is 0. The molecule has 258 valence electrons. The third kappa shape index (κ3) is 10.1. The zero-order valence-corrected chi connectivity index (χ0v) is 29.8. The lowest BCUT2D eigenvalue weighted by Gasteiger charge is -2.48. The third-order valence-corrected chi connectivity index (χ3v) is 10.6. The van der Waals surface area contributed by atoms with E-state index in [2.05, 4.69) is 197 Å². The summed E-state index contributed by atoms with van der Waals surface area (Å²) in [5, 5.41) is 0. The SMILES string of the molecule is c1ccc(CN(Cc2ccccc2)C2CC(N(Cc3ccccc3)Cc3ccccc3)CC(N(Cc3ccccc3)Cc3ccccc3)C2)cc1. The Kier molecular flexibility index (Phi) is 12.2. The molecule has 1 saturated carbocycles. The van der Waals surface area contributed by atoms with Crippen LogP contribution in [-0.4, -0.2) is 32.8 Å². The molecule has 3 heteroatoms. The molecule has 3 nitrogen and oxygen atoms in total. The molecule has 0 amide bonds. The zero-order chi connectivity index (χ0) is 34.5. The van der Waals surface area contributed by atoms with Crippen LogP contribution >= 0.6 is 0 Å². The lowest BCUT2D eigenvalue weighted by molar-refractivity contribution is 0.0128. The fraction of sp³-hybridized carbons (Fsp3) is 0.250. The first-order valence-corrected chi connectivity index (χ1v) is 18.7. The van der Waals surface area contributed by atoms with Crippen LogP contribution in [0.3, 0.4) is 0 Å². The molecule has 1 aliphatic carbocycles. The Bertz CT molecular complexity index is 1480. The fourth-order valence-corrected chi connectivity index (χ4v) is 7.98. The lowest BCUT2D eigenvalue weighted by atomic mass is 9.83. The van der Waals surface area contributed by atoms with Gasteiger partial charge in [0.2, 0.25) is 0 Å². The van der Waals surface area contributed by atoms with Gasteiger partial charge >= 0.3 is 0 Å². The second-order valence-electron chi connectivity index (χ2n) is 14.3. The van der Waals surface area contributed by atoms with E-state index < -0.39 is 0 Å². The molecular weight excluding hydrogens is 619 g/mol. The van der Waals surface area contributed by atoms with Gasteiger partial charge in [-0.1, -0.05) is 182 Å². The molecule has 0 atom stereocenters. The number of hydrogen-bond donors (Lipinski definition) is 0. The molecule has 0 saturated heterocycles. The first-order valence-electron chi connectivity index (χ1n) is 18.7. The van der Waals surface area contributed by atoms with Crippen molar-refractivity contribution in [3.05, 3.63) is 215 Å². The molecule has 0 aliphatic heterocycles. The number of hydrogen-bond acceptors (Lipinski definition) is 3. The monoisotopic (exact) mass is 669 g/mol. The van der Waals surface area contributed by atoms with Crippen molar-refractivity contribution in [3.63, 3.8) is 0 Å². The van der Waals surface area contributed by atoms with E-state index in [9.17, 15) is 0 Å². The minimum absolute atomic E-state index is 0.414. The van der Waals surface area contributed by atoms with Crippen LogP contribution in [0.2, 0.25) is 0 Å². The van der Waals surface area contributed by atoms with Gasteiger partial charge in [0.15, 0.2) is 0 Å². The number of nitrogens with zero attached hydrogens (tertiary/aromatic N) is 3. The van der Waals surface area contributed by atoms with Crippen LogP contribution in [0.4, 0.5) is 0 Å².